The minimum atomic E-state index is -3.52. The highest BCUT2D eigenvalue weighted by Gasteiger charge is 2.20. The van der Waals surface area contributed by atoms with Crippen LogP contribution in [0, 0.1) is 6.92 Å². The Balaban J connectivity index is 1.82. The standard InChI is InChI=1S/C23H32N2O4S/c1-18-6-8-19(9-7-18)16-25(30(5,27)28)17-22(26)24-14-15-29-21-12-10-20(11-13-21)23(2,3)4/h6-13H,14-17H2,1-5H3,(H,24,26). The van der Waals surface area contributed by atoms with Crippen LogP contribution in [0.15, 0.2) is 48.5 Å². The highest BCUT2D eigenvalue weighted by molar-refractivity contribution is 7.88. The van der Waals surface area contributed by atoms with Gasteiger partial charge in [-0.25, -0.2) is 8.42 Å². The molecule has 2 rings (SSSR count). The van der Waals surface area contributed by atoms with Crippen molar-refractivity contribution in [2.24, 2.45) is 0 Å². The molecule has 0 aromatic heterocycles. The van der Waals surface area contributed by atoms with Gasteiger partial charge >= 0.3 is 0 Å². The summed E-state index contributed by atoms with van der Waals surface area (Å²) in [7, 11) is -3.52. The van der Waals surface area contributed by atoms with E-state index in [2.05, 4.69) is 26.1 Å². The van der Waals surface area contributed by atoms with Gasteiger partial charge in [0.15, 0.2) is 0 Å². The summed E-state index contributed by atoms with van der Waals surface area (Å²) in [6, 6.07) is 15.5. The number of rotatable bonds is 9. The zero-order valence-corrected chi connectivity index (χ0v) is 19.3. The van der Waals surface area contributed by atoms with Crippen LogP contribution in [0.3, 0.4) is 0 Å². The normalized spacial score (nSPS) is 12.1. The number of ether oxygens (including phenoxy) is 1. The Kier molecular flexibility index (Phi) is 8.03. The first-order chi connectivity index (χ1) is 13.9. The first-order valence-corrected chi connectivity index (χ1v) is 11.8. The molecule has 0 aliphatic rings. The lowest BCUT2D eigenvalue weighted by molar-refractivity contribution is -0.121. The third-order valence-electron chi connectivity index (χ3n) is 4.68. The fourth-order valence-corrected chi connectivity index (χ4v) is 3.55. The van der Waals surface area contributed by atoms with E-state index in [-0.39, 0.29) is 24.4 Å². The van der Waals surface area contributed by atoms with Gasteiger partial charge in [-0.15, -0.1) is 0 Å². The third kappa shape index (κ3) is 7.80. The predicted molar refractivity (Wildman–Crippen MR) is 120 cm³/mol. The number of hydrogen-bond donors (Lipinski definition) is 1. The van der Waals surface area contributed by atoms with E-state index in [1.807, 2.05) is 55.5 Å². The molecular formula is C23H32N2O4S. The van der Waals surface area contributed by atoms with E-state index in [4.69, 9.17) is 4.74 Å². The molecule has 0 saturated carbocycles. The first kappa shape index (κ1) is 23.9. The molecule has 0 fully saturated rings. The molecule has 30 heavy (non-hydrogen) atoms. The number of carbonyl (C=O) groups is 1. The van der Waals surface area contributed by atoms with E-state index < -0.39 is 10.0 Å². The second-order valence-corrected chi connectivity index (χ2v) is 10.5. The summed E-state index contributed by atoms with van der Waals surface area (Å²) >= 11 is 0. The highest BCUT2D eigenvalue weighted by Crippen LogP contribution is 2.24. The van der Waals surface area contributed by atoms with Gasteiger partial charge in [-0.1, -0.05) is 62.7 Å². The summed E-state index contributed by atoms with van der Waals surface area (Å²) in [5.41, 5.74) is 3.23. The number of nitrogens with zero attached hydrogens (tertiary/aromatic N) is 1. The Bertz CT molecular complexity index is 931. The minimum Gasteiger partial charge on any atom is -0.492 e. The predicted octanol–water partition coefficient (Wildman–Crippen LogP) is 3.25. The Labute approximate surface area is 180 Å². The molecule has 2 aromatic rings. The van der Waals surface area contributed by atoms with Gasteiger partial charge in [0.1, 0.15) is 12.4 Å². The molecule has 0 aliphatic carbocycles. The van der Waals surface area contributed by atoms with Crippen LogP contribution in [0.2, 0.25) is 0 Å². The van der Waals surface area contributed by atoms with Gasteiger partial charge in [-0.3, -0.25) is 4.79 Å². The Morgan fingerprint density at radius 3 is 2.17 bits per heavy atom. The molecule has 0 saturated heterocycles. The Morgan fingerprint density at radius 2 is 1.63 bits per heavy atom. The van der Waals surface area contributed by atoms with Crippen molar-refractivity contribution < 1.29 is 17.9 Å². The maximum Gasteiger partial charge on any atom is 0.235 e. The van der Waals surface area contributed by atoms with E-state index in [1.54, 1.807) is 0 Å². The van der Waals surface area contributed by atoms with Crippen LogP contribution in [-0.4, -0.2) is 44.6 Å². The van der Waals surface area contributed by atoms with Crippen molar-refractivity contribution in [1.29, 1.82) is 0 Å². The lowest BCUT2D eigenvalue weighted by Crippen LogP contribution is -2.40. The molecule has 0 atom stereocenters. The van der Waals surface area contributed by atoms with E-state index in [9.17, 15) is 13.2 Å². The summed E-state index contributed by atoms with van der Waals surface area (Å²) in [5.74, 6) is 0.369. The fourth-order valence-electron chi connectivity index (χ4n) is 2.81. The number of benzene rings is 2. The zero-order valence-electron chi connectivity index (χ0n) is 18.4. The van der Waals surface area contributed by atoms with Gasteiger partial charge in [0.05, 0.1) is 19.3 Å². The van der Waals surface area contributed by atoms with Crippen molar-refractivity contribution in [2.75, 3.05) is 26.0 Å². The number of sulfonamides is 1. The lowest BCUT2D eigenvalue weighted by atomic mass is 9.87. The van der Waals surface area contributed by atoms with Gasteiger partial charge in [-0.2, -0.15) is 4.31 Å². The molecule has 1 N–H and O–H groups in total. The quantitative estimate of drug-likeness (QED) is 0.617. The summed E-state index contributed by atoms with van der Waals surface area (Å²) < 4.78 is 31.0. The first-order valence-electron chi connectivity index (χ1n) is 9.96. The van der Waals surface area contributed by atoms with Crippen LogP contribution in [0.1, 0.15) is 37.5 Å². The average Bonchev–Trinajstić information content (AvgIpc) is 2.65. The molecule has 1 amide bonds. The number of hydrogen-bond acceptors (Lipinski definition) is 4. The molecule has 164 valence electrons. The number of nitrogens with one attached hydrogen (secondary N) is 1. The smallest absolute Gasteiger partial charge is 0.235 e. The molecule has 0 bridgehead atoms. The molecular weight excluding hydrogens is 400 g/mol. The molecule has 6 nitrogen and oxygen atoms in total. The summed E-state index contributed by atoms with van der Waals surface area (Å²) in [6.45, 7) is 8.94. The molecule has 0 radical (unpaired) electrons. The SMILES string of the molecule is Cc1ccc(CN(CC(=O)NCCOc2ccc(C(C)(C)C)cc2)S(C)(=O)=O)cc1. The molecule has 7 heteroatoms. The average molecular weight is 433 g/mol. The molecule has 0 aliphatic heterocycles. The topological polar surface area (TPSA) is 75.7 Å². The van der Waals surface area contributed by atoms with Crippen molar-refractivity contribution in [2.45, 2.75) is 39.7 Å². The van der Waals surface area contributed by atoms with Crippen molar-refractivity contribution in [3.05, 3.63) is 65.2 Å². The lowest BCUT2D eigenvalue weighted by Gasteiger charge is -2.20. The van der Waals surface area contributed by atoms with Crippen LogP contribution in [0.25, 0.3) is 0 Å². The highest BCUT2D eigenvalue weighted by atomic mass is 32.2. The van der Waals surface area contributed by atoms with Crippen LogP contribution in [0.4, 0.5) is 0 Å². The number of aryl methyl sites for hydroxylation is 1. The van der Waals surface area contributed by atoms with Crippen molar-refractivity contribution >= 4 is 15.9 Å². The van der Waals surface area contributed by atoms with E-state index in [0.29, 0.717) is 13.2 Å². The zero-order chi connectivity index (χ0) is 22.4. The fraction of sp³-hybridized carbons (Fsp3) is 0.435. The summed E-state index contributed by atoms with van der Waals surface area (Å²) in [6.07, 6.45) is 1.11. The number of amides is 1. The van der Waals surface area contributed by atoms with E-state index in [0.717, 1.165) is 23.1 Å². The van der Waals surface area contributed by atoms with Crippen LogP contribution >= 0.6 is 0 Å². The second kappa shape index (κ2) is 10.1. The van der Waals surface area contributed by atoms with Gasteiger partial charge in [0, 0.05) is 6.54 Å². The minimum absolute atomic E-state index is 0.0799. The van der Waals surface area contributed by atoms with Gasteiger partial charge in [0.25, 0.3) is 0 Å². The summed E-state index contributed by atoms with van der Waals surface area (Å²) in [5, 5.41) is 2.72. The molecule has 0 spiro atoms. The second-order valence-electron chi connectivity index (χ2n) is 8.49. The van der Waals surface area contributed by atoms with Gasteiger partial charge < -0.3 is 10.1 Å². The maximum absolute atomic E-state index is 12.2. The Morgan fingerprint density at radius 1 is 1.03 bits per heavy atom. The molecule has 0 heterocycles. The van der Waals surface area contributed by atoms with Gasteiger partial charge in [0.2, 0.25) is 15.9 Å². The van der Waals surface area contributed by atoms with Crippen LogP contribution in [0.5, 0.6) is 5.75 Å². The van der Waals surface area contributed by atoms with E-state index in [1.165, 1.54) is 9.87 Å². The molecule has 0 unspecified atom stereocenters. The van der Waals surface area contributed by atoms with Crippen LogP contribution < -0.4 is 10.1 Å². The monoisotopic (exact) mass is 432 g/mol. The van der Waals surface area contributed by atoms with Crippen molar-refractivity contribution in [3.63, 3.8) is 0 Å². The maximum atomic E-state index is 12.2. The van der Waals surface area contributed by atoms with Crippen molar-refractivity contribution in [3.8, 4) is 5.75 Å². The summed E-state index contributed by atoms with van der Waals surface area (Å²) in [4.78, 5) is 12.2. The van der Waals surface area contributed by atoms with Gasteiger partial charge in [-0.05, 0) is 35.6 Å². The van der Waals surface area contributed by atoms with Crippen molar-refractivity contribution in [1.82, 2.24) is 9.62 Å². The van der Waals surface area contributed by atoms with Crippen LogP contribution in [-0.2, 0) is 26.8 Å². The molecule has 2 aromatic carbocycles. The largest absolute Gasteiger partial charge is 0.492 e. The third-order valence-corrected chi connectivity index (χ3v) is 5.88. The van der Waals surface area contributed by atoms with E-state index >= 15 is 0 Å². The Hall–Kier alpha value is -2.38. The number of carbonyl (C=O) groups excluding carboxylic acids is 1.